The highest BCUT2D eigenvalue weighted by Gasteiger charge is 2.35. The van der Waals surface area contributed by atoms with Crippen molar-refractivity contribution < 1.29 is 4.79 Å². The van der Waals surface area contributed by atoms with Crippen LogP contribution >= 0.6 is 0 Å². The SMILES string of the molecule is O=C(NC1CN2CCC1CC2)c1cn2c(cn1)cc1ccccc12. The van der Waals surface area contributed by atoms with Crippen LogP contribution in [0.4, 0.5) is 0 Å². The van der Waals surface area contributed by atoms with E-state index in [-0.39, 0.29) is 11.9 Å². The van der Waals surface area contributed by atoms with E-state index >= 15 is 0 Å². The van der Waals surface area contributed by atoms with Gasteiger partial charge >= 0.3 is 0 Å². The lowest BCUT2D eigenvalue weighted by atomic mass is 9.84. The molecule has 3 fully saturated rings. The van der Waals surface area contributed by atoms with E-state index in [0.717, 1.165) is 23.0 Å². The van der Waals surface area contributed by atoms with Crippen molar-refractivity contribution in [3.63, 3.8) is 0 Å². The van der Waals surface area contributed by atoms with Gasteiger partial charge in [-0.15, -0.1) is 0 Å². The van der Waals surface area contributed by atoms with Gasteiger partial charge in [-0.2, -0.15) is 0 Å². The van der Waals surface area contributed by atoms with Crippen molar-refractivity contribution in [3.05, 3.63) is 48.4 Å². The van der Waals surface area contributed by atoms with Gasteiger partial charge in [0.25, 0.3) is 5.91 Å². The van der Waals surface area contributed by atoms with Gasteiger partial charge in [0, 0.05) is 24.2 Å². The van der Waals surface area contributed by atoms with Gasteiger partial charge in [0.2, 0.25) is 0 Å². The Labute approximate surface area is 140 Å². The highest BCUT2D eigenvalue weighted by Crippen LogP contribution is 2.27. The summed E-state index contributed by atoms with van der Waals surface area (Å²) >= 11 is 0. The summed E-state index contributed by atoms with van der Waals surface area (Å²) in [5, 5.41) is 4.38. The molecule has 2 bridgehead atoms. The maximum atomic E-state index is 12.7. The maximum Gasteiger partial charge on any atom is 0.271 e. The lowest BCUT2D eigenvalue weighted by molar-refractivity contribution is 0.0617. The van der Waals surface area contributed by atoms with Gasteiger partial charge in [0.05, 0.1) is 17.2 Å². The van der Waals surface area contributed by atoms with Crippen LogP contribution in [0.25, 0.3) is 16.4 Å². The predicted molar refractivity (Wildman–Crippen MR) is 93.1 cm³/mol. The van der Waals surface area contributed by atoms with Gasteiger partial charge in [-0.1, -0.05) is 18.2 Å². The number of hydrogen-bond donors (Lipinski definition) is 1. The number of rotatable bonds is 2. The molecule has 0 saturated carbocycles. The third-order valence-electron chi connectivity index (χ3n) is 5.57. The second kappa shape index (κ2) is 5.31. The average molecular weight is 320 g/mol. The first-order chi connectivity index (χ1) is 11.8. The molecule has 2 aromatic heterocycles. The standard InChI is InChI=1S/C19H20N4O/c24-19(21-16-11-22-7-5-13(16)6-8-22)17-12-23-15(10-20-17)9-14-3-1-2-4-18(14)23/h1-4,9-10,12-13,16H,5-8,11H2,(H,21,24). The molecule has 5 heterocycles. The number of nitrogens with one attached hydrogen (secondary N) is 1. The molecule has 3 aliphatic rings. The quantitative estimate of drug-likeness (QED) is 0.788. The van der Waals surface area contributed by atoms with E-state index in [1.807, 2.05) is 22.7 Å². The molecule has 3 aromatic rings. The molecule has 5 nitrogen and oxygen atoms in total. The van der Waals surface area contributed by atoms with Crippen molar-refractivity contribution in [2.75, 3.05) is 19.6 Å². The average Bonchev–Trinajstić information content (AvgIpc) is 3.00. The molecule has 1 aromatic carbocycles. The minimum Gasteiger partial charge on any atom is -0.346 e. The van der Waals surface area contributed by atoms with E-state index in [1.54, 1.807) is 6.20 Å². The first-order valence-corrected chi connectivity index (χ1v) is 8.67. The molecule has 1 atom stereocenters. The Morgan fingerprint density at radius 2 is 2.04 bits per heavy atom. The van der Waals surface area contributed by atoms with Crippen LogP contribution in [0.15, 0.2) is 42.7 Å². The molecule has 5 heteroatoms. The molecule has 6 rings (SSSR count). The Morgan fingerprint density at radius 3 is 2.83 bits per heavy atom. The summed E-state index contributed by atoms with van der Waals surface area (Å²) in [6.07, 6.45) is 6.03. The Hall–Kier alpha value is -2.40. The predicted octanol–water partition coefficient (Wildman–Crippen LogP) is 2.31. The topological polar surface area (TPSA) is 49.6 Å². The van der Waals surface area contributed by atoms with Crippen molar-refractivity contribution >= 4 is 22.3 Å². The second-order valence-corrected chi connectivity index (χ2v) is 6.99. The molecule has 122 valence electrons. The maximum absolute atomic E-state index is 12.7. The number of hydrogen-bond acceptors (Lipinski definition) is 3. The lowest BCUT2D eigenvalue weighted by Crippen LogP contribution is -2.57. The molecule has 3 aliphatic heterocycles. The molecule has 24 heavy (non-hydrogen) atoms. The smallest absolute Gasteiger partial charge is 0.271 e. The number of carbonyl (C=O) groups excluding carboxylic acids is 1. The summed E-state index contributed by atoms with van der Waals surface area (Å²) in [7, 11) is 0. The number of benzene rings is 1. The molecule has 0 aliphatic carbocycles. The summed E-state index contributed by atoms with van der Waals surface area (Å²) < 4.78 is 2.05. The van der Waals surface area contributed by atoms with Crippen molar-refractivity contribution in [1.29, 1.82) is 0 Å². The van der Waals surface area contributed by atoms with Crippen LogP contribution in [0.3, 0.4) is 0 Å². The number of carbonyl (C=O) groups is 1. The molecule has 0 spiro atoms. The van der Waals surface area contributed by atoms with E-state index in [0.29, 0.717) is 11.6 Å². The van der Waals surface area contributed by atoms with E-state index in [1.165, 1.54) is 25.9 Å². The lowest BCUT2D eigenvalue weighted by Gasteiger charge is -2.44. The number of nitrogens with zero attached hydrogens (tertiary/aromatic N) is 3. The summed E-state index contributed by atoms with van der Waals surface area (Å²) in [6.45, 7) is 3.33. The third kappa shape index (κ3) is 2.19. The highest BCUT2D eigenvalue weighted by molar-refractivity contribution is 5.94. The van der Waals surface area contributed by atoms with Gasteiger partial charge in [-0.05, 0) is 44.0 Å². The van der Waals surface area contributed by atoms with Crippen LogP contribution in [0.1, 0.15) is 23.3 Å². The van der Waals surface area contributed by atoms with Gasteiger partial charge in [0.1, 0.15) is 5.69 Å². The Kier molecular flexibility index (Phi) is 3.10. The fourth-order valence-electron chi connectivity index (χ4n) is 4.22. The fraction of sp³-hybridized carbons (Fsp3) is 0.368. The fourth-order valence-corrected chi connectivity index (χ4v) is 4.22. The first-order valence-electron chi connectivity index (χ1n) is 8.67. The molecule has 3 saturated heterocycles. The first kappa shape index (κ1) is 14.0. The van der Waals surface area contributed by atoms with Crippen LogP contribution in [0.2, 0.25) is 0 Å². The van der Waals surface area contributed by atoms with Crippen molar-refractivity contribution in [3.8, 4) is 0 Å². The van der Waals surface area contributed by atoms with Crippen molar-refractivity contribution in [2.45, 2.75) is 18.9 Å². The van der Waals surface area contributed by atoms with E-state index in [4.69, 9.17) is 0 Å². The van der Waals surface area contributed by atoms with E-state index in [2.05, 4.69) is 33.4 Å². The largest absolute Gasteiger partial charge is 0.346 e. The summed E-state index contributed by atoms with van der Waals surface area (Å²) in [5.41, 5.74) is 2.60. The Morgan fingerprint density at radius 1 is 1.21 bits per heavy atom. The van der Waals surface area contributed by atoms with Crippen molar-refractivity contribution in [1.82, 2.24) is 19.6 Å². The molecule has 1 N–H and O–H groups in total. The van der Waals surface area contributed by atoms with Crippen LogP contribution in [-0.2, 0) is 0 Å². The van der Waals surface area contributed by atoms with Gasteiger partial charge in [0.15, 0.2) is 0 Å². The van der Waals surface area contributed by atoms with Crippen LogP contribution in [0, 0.1) is 5.92 Å². The number of amides is 1. The van der Waals surface area contributed by atoms with Gasteiger partial charge < -0.3 is 14.6 Å². The van der Waals surface area contributed by atoms with E-state index in [9.17, 15) is 4.79 Å². The highest BCUT2D eigenvalue weighted by atomic mass is 16.2. The molecular weight excluding hydrogens is 300 g/mol. The Bertz CT molecular complexity index is 923. The number of aromatic nitrogens is 2. The zero-order chi connectivity index (χ0) is 16.1. The molecular formula is C19H20N4O. The third-order valence-corrected chi connectivity index (χ3v) is 5.57. The van der Waals surface area contributed by atoms with Gasteiger partial charge in [-0.25, -0.2) is 4.98 Å². The number of para-hydroxylation sites is 1. The summed E-state index contributed by atoms with van der Waals surface area (Å²) in [5.74, 6) is 0.559. The Balaban J connectivity index is 1.45. The van der Waals surface area contributed by atoms with Crippen molar-refractivity contribution in [2.24, 2.45) is 5.92 Å². The number of piperidine rings is 3. The zero-order valence-electron chi connectivity index (χ0n) is 13.5. The summed E-state index contributed by atoms with van der Waals surface area (Å²) in [4.78, 5) is 19.5. The minimum atomic E-state index is -0.0616. The van der Waals surface area contributed by atoms with Crippen LogP contribution < -0.4 is 5.32 Å². The van der Waals surface area contributed by atoms with Crippen LogP contribution in [0.5, 0.6) is 0 Å². The minimum absolute atomic E-state index is 0.0616. The monoisotopic (exact) mass is 320 g/mol. The second-order valence-electron chi connectivity index (χ2n) is 6.99. The van der Waals surface area contributed by atoms with Gasteiger partial charge in [-0.3, -0.25) is 4.79 Å². The molecule has 0 radical (unpaired) electrons. The molecule has 1 unspecified atom stereocenters. The zero-order valence-corrected chi connectivity index (χ0v) is 13.5. The summed E-state index contributed by atoms with van der Waals surface area (Å²) in [6, 6.07) is 10.5. The normalized spacial score (nSPS) is 26.1. The van der Waals surface area contributed by atoms with Crippen LogP contribution in [-0.4, -0.2) is 45.9 Å². The molecule has 1 amide bonds. The number of fused-ring (bicyclic) bond motifs is 6. The van der Waals surface area contributed by atoms with E-state index < -0.39 is 0 Å².